The molecule has 0 radical (unpaired) electrons. The number of hydrogen-bond donors (Lipinski definition) is 2. The lowest BCUT2D eigenvalue weighted by molar-refractivity contribution is -0.137. The molecule has 0 amide bonds. The Bertz CT molecular complexity index is 380. The minimum atomic E-state index is -1.06. The lowest BCUT2D eigenvalue weighted by Crippen LogP contribution is -2.12. The van der Waals surface area contributed by atoms with Crippen LogP contribution >= 0.6 is 31.9 Å². The molecular weight excluding hydrogens is 344 g/mol. The molecule has 0 spiro atoms. The molecule has 86 valence electrons. The van der Waals surface area contributed by atoms with Gasteiger partial charge in [-0.3, -0.25) is 9.59 Å². The van der Waals surface area contributed by atoms with Gasteiger partial charge in [0, 0.05) is 0 Å². The molecule has 0 bridgehead atoms. The molecule has 0 aliphatic rings. The second-order valence-electron chi connectivity index (χ2n) is 3.03. The van der Waals surface area contributed by atoms with Crippen molar-refractivity contribution in [2.24, 2.45) is 0 Å². The van der Waals surface area contributed by atoms with Crippen LogP contribution in [0.15, 0.2) is 24.3 Å². The topological polar surface area (TPSA) is 74.6 Å². The van der Waals surface area contributed by atoms with Gasteiger partial charge in [-0.05, 0) is 11.1 Å². The lowest BCUT2D eigenvalue weighted by atomic mass is 10.0. The van der Waals surface area contributed by atoms with Gasteiger partial charge in [-0.15, -0.1) is 0 Å². The Balaban J connectivity index is 3.19. The first-order chi connectivity index (χ1) is 7.45. The molecule has 16 heavy (non-hydrogen) atoms. The third-order valence-corrected chi connectivity index (χ3v) is 3.75. The summed E-state index contributed by atoms with van der Waals surface area (Å²) >= 11 is 6.01. The molecule has 0 heterocycles. The molecular formula is C10H8Br2O4. The van der Waals surface area contributed by atoms with Gasteiger partial charge < -0.3 is 10.2 Å². The molecule has 0 saturated carbocycles. The van der Waals surface area contributed by atoms with E-state index < -0.39 is 21.6 Å². The number of rotatable bonds is 4. The van der Waals surface area contributed by atoms with Crippen molar-refractivity contribution in [2.75, 3.05) is 0 Å². The zero-order chi connectivity index (χ0) is 12.3. The van der Waals surface area contributed by atoms with Gasteiger partial charge in [-0.25, -0.2) is 0 Å². The Labute approximate surface area is 109 Å². The van der Waals surface area contributed by atoms with Crippen molar-refractivity contribution in [1.82, 2.24) is 0 Å². The summed E-state index contributed by atoms with van der Waals surface area (Å²) in [5, 5.41) is 17.7. The molecule has 1 aromatic carbocycles. The maximum absolute atomic E-state index is 10.8. The average molecular weight is 352 g/mol. The monoisotopic (exact) mass is 350 g/mol. The van der Waals surface area contributed by atoms with Crippen molar-refractivity contribution in [3.05, 3.63) is 35.4 Å². The zero-order valence-electron chi connectivity index (χ0n) is 7.93. The van der Waals surface area contributed by atoms with Crippen molar-refractivity contribution < 1.29 is 19.8 Å². The molecule has 0 aliphatic carbocycles. The third-order valence-electron chi connectivity index (χ3n) is 1.98. The number of carboxylic acid groups (broad SMARTS) is 2. The first-order valence-corrected chi connectivity index (χ1v) is 6.11. The molecule has 0 fully saturated rings. The minimum absolute atomic E-state index is 0.430. The predicted octanol–water partition coefficient (Wildman–Crippen LogP) is 2.73. The highest BCUT2D eigenvalue weighted by Crippen LogP contribution is 2.33. The smallest absolute Gasteiger partial charge is 0.321 e. The molecule has 0 aromatic heterocycles. The van der Waals surface area contributed by atoms with E-state index in [0.29, 0.717) is 11.1 Å². The minimum Gasteiger partial charge on any atom is -0.480 e. The fourth-order valence-electron chi connectivity index (χ4n) is 1.24. The average Bonchev–Trinajstić information content (AvgIpc) is 2.26. The maximum atomic E-state index is 10.8. The van der Waals surface area contributed by atoms with Gasteiger partial charge in [0.2, 0.25) is 0 Å². The van der Waals surface area contributed by atoms with E-state index in [2.05, 4.69) is 31.9 Å². The van der Waals surface area contributed by atoms with Crippen LogP contribution in [0, 0.1) is 0 Å². The van der Waals surface area contributed by atoms with E-state index in [1.165, 1.54) is 0 Å². The van der Waals surface area contributed by atoms with E-state index >= 15 is 0 Å². The van der Waals surface area contributed by atoms with Crippen LogP contribution < -0.4 is 0 Å². The van der Waals surface area contributed by atoms with Gasteiger partial charge >= 0.3 is 11.9 Å². The standard InChI is InChI=1S/C10H8Br2O4/c11-7(9(13)14)5-3-1-2-4-6(5)8(12)10(15)16/h1-4,7-8H,(H,13,14)(H,15,16). The van der Waals surface area contributed by atoms with Gasteiger partial charge in [0.15, 0.2) is 0 Å². The highest BCUT2D eigenvalue weighted by Gasteiger charge is 2.25. The number of hydrogen-bond acceptors (Lipinski definition) is 2. The fourth-order valence-corrected chi connectivity index (χ4v) is 2.07. The highest BCUT2D eigenvalue weighted by molar-refractivity contribution is 9.09. The van der Waals surface area contributed by atoms with Crippen LogP contribution in [-0.2, 0) is 9.59 Å². The van der Waals surface area contributed by atoms with E-state index in [1.54, 1.807) is 24.3 Å². The second-order valence-corrected chi connectivity index (χ2v) is 4.86. The second kappa shape index (κ2) is 5.45. The van der Waals surface area contributed by atoms with E-state index in [-0.39, 0.29) is 0 Å². The van der Waals surface area contributed by atoms with Crippen LogP contribution in [0.1, 0.15) is 20.8 Å². The molecule has 1 aromatic rings. The quantitative estimate of drug-likeness (QED) is 0.818. The summed E-state index contributed by atoms with van der Waals surface area (Å²) < 4.78 is 0. The number of alkyl halides is 2. The van der Waals surface area contributed by atoms with Crippen LogP contribution in [-0.4, -0.2) is 22.2 Å². The van der Waals surface area contributed by atoms with Crippen LogP contribution in [0.3, 0.4) is 0 Å². The van der Waals surface area contributed by atoms with E-state index in [9.17, 15) is 9.59 Å². The first-order valence-electron chi connectivity index (χ1n) is 4.27. The Morgan fingerprint density at radius 2 is 1.25 bits per heavy atom. The Kier molecular flexibility index (Phi) is 4.49. The highest BCUT2D eigenvalue weighted by atomic mass is 79.9. The van der Waals surface area contributed by atoms with Gasteiger partial charge in [0.25, 0.3) is 0 Å². The normalized spacial score (nSPS) is 14.1. The summed E-state index contributed by atoms with van der Waals surface area (Å²) in [6.45, 7) is 0. The Hall–Kier alpha value is -0.880. The summed E-state index contributed by atoms with van der Waals surface area (Å²) in [6.07, 6.45) is 0. The Morgan fingerprint density at radius 3 is 1.50 bits per heavy atom. The predicted molar refractivity (Wildman–Crippen MR) is 65.0 cm³/mol. The third kappa shape index (κ3) is 2.82. The summed E-state index contributed by atoms with van der Waals surface area (Å²) in [7, 11) is 0. The molecule has 2 N–H and O–H groups in total. The molecule has 4 nitrogen and oxygen atoms in total. The van der Waals surface area contributed by atoms with Crippen LogP contribution in [0.5, 0.6) is 0 Å². The molecule has 6 heteroatoms. The van der Waals surface area contributed by atoms with Gasteiger partial charge in [-0.2, -0.15) is 0 Å². The largest absolute Gasteiger partial charge is 0.480 e. The number of halogens is 2. The van der Waals surface area contributed by atoms with Gasteiger partial charge in [0.1, 0.15) is 9.65 Å². The van der Waals surface area contributed by atoms with Crippen molar-refractivity contribution in [3.8, 4) is 0 Å². The van der Waals surface area contributed by atoms with Crippen molar-refractivity contribution in [1.29, 1.82) is 0 Å². The first kappa shape index (κ1) is 13.2. The van der Waals surface area contributed by atoms with Crippen LogP contribution in [0.2, 0.25) is 0 Å². The summed E-state index contributed by atoms with van der Waals surface area (Å²) in [5.74, 6) is -2.12. The van der Waals surface area contributed by atoms with Crippen LogP contribution in [0.4, 0.5) is 0 Å². The number of carboxylic acids is 2. The Morgan fingerprint density at radius 1 is 0.938 bits per heavy atom. The van der Waals surface area contributed by atoms with Crippen molar-refractivity contribution in [2.45, 2.75) is 9.65 Å². The molecule has 1 rings (SSSR count). The van der Waals surface area contributed by atoms with E-state index in [1.807, 2.05) is 0 Å². The lowest BCUT2D eigenvalue weighted by Gasteiger charge is -2.13. The maximum Gasteiger partial charge on any atom is 0.321 e. The zero-order valence-corrected chi connectivity index (χ0v) is 11.1. The number of carbonyl (C=O) groups is 2. The van der Waals surface area contributed by atoms with E-state index in [0.717, 1.165) is 0 Å². The molecule has 0 aliphatic heterocycles. The van der Waals surface area contributed by atoms with Crippen molar-refractivity contribution in [3.63, 3.8) is 0 Å². The fraction of sp³-hybridized carbons (Fsp3) is 0.200. The van der Waals surface area contributed by atoms with Gasteiger partial charge in [-0.1, -0.05) is 56.1 Å². The number of benzene rings is 1. The summed E-state index contributed by atoms with van der Waals surface area (Å²) in [4.78, 5) is 19.8. The molecule has 2 unspecified atom stereocenters. The van der Waals surface area contributed by atoms with E-state index in [4.69, 9.17) is 10.2 Å². The summed E-state index contributed by atoms with van der Waals surface area (Å²) in [5.41, 5.74) is 0.860. The van der Waals surface area contributed by atoms with Crippen LogP contribution in [0.25, 0.3) is 0 Å². The molecule has 0 saturated heterocycles. The SMILES string of the molecule is O=C(O)C(Br)c1ccccc1C(Br)C(=O)O. The number of aliphatic carboxylic acids is 2. The molecule has 2 atom stereocenters. The van der Waals surface area contributed by atoms with Crippen molar-refractivity contribution >= 4 is 43.8 Å². The van der Waals surface area contributed by atoms with Gasteiger partial charge in [0.05, 0.1) is 0 Å². The summed E-state index contributed by atoms with van der Waals surface area (Å²) in [6, 6.07) is 6.50.